The minimum Gasteiger partial charge on any atom is -0.494 e. The van der Waals surface area contributed by atoms with Crippen LogP contribution < -0.4 is 10.1 Å². The molecule has 0 bridgehead atoms. The van der Waals surface area contributed by atoms with Crippen LogP contribution in [0.15, 0.2) is 30.7 Å². The van der Waals surface area contributed by atoms with E-state index in [1.807, 2.05) is 0 Å². The topological polar surface area (TPSA) is 121 Å². The average molecular weight is 541 g/mol. The van der Waals surface area contributed by atoms with Gasteiger partial charge < -0.3 is 4.74 Å². The van der Waals surface area contributed by atoms with E-state index in [-0.39, 0.29) is 43.6 Å². The quantitative estimate of drug-likeness (QED) is 0.323. The van der Waals surface area contributed by atoms with Crippen molar-refractivity contribution in [3.8, 4) is 28.3 Å². The van der Waals surface area contributed by atoms with Crippen LogP contribution >= 0.6 is 11.3 Å². The largest absolute Gasteiger partial charge is 0.494 e. The highest BCUT2D eigenvalue weighted by atomic mass is 32.1. The van der Waals surface area contributed by atoms with E-state index < -0.39 is 23.8 Å². The summed E-state index contributed by atoms with van der Waals surface area (Å²) in [5.41, 5.74) is 0.881. The third-order valence-electron chi connectivity index (χ3n) is 5.72. The molecule has 0 unspecified atom stereocenters. The van der Waals surface area contributed by atoms with Crippen LogP contribution in [0.25, 0.3) is 32.7 Å². The van der Waals surface area contributed by atoms with Gasteiger partial charge in [0.1, 0.15) is 28.3 Å². The lowest BCUT2D eigenvalue weighted by Gasteiger charge is -2.16. The summed E-state index contributed by atoms with van der Waals surface area (Å²) in [5.74, 6) is -1.27. The highest BCUT2D eigenvalue weighted by Crippen LogP contribution is 2.37. The van der Waals surface area contributed by atoms with Crippen molar-refractivity contribution in [3.05, 3.63) is 59.2 Å². The smallest absolute Gasteiger partial charge is 0.281 e. The number of hydrogen-bond donors (Lipinski definition) is 1. The number of aryl methyl sites for hydroxylation is 3. The number of aromatic nitrogens is 7. The number of hydrogen-bond acceptors (Lipinski definition) is 9. The van der Waals surface area contributed by atoms with E-state index >= 15 is 4.39 Å². The van der Waals surface area contributed by atoms with Crippen molar-refractivity contribution < 1.29 is 22.7 Å². The van der Waals surface area contributed by atoms with E-state index in [0.29, 0.717) is 17.0 Å². The molecule has 0 fully saturated rings. The van der Waals surface area contributed by atoms with E-state index in [1.54, 1.807) is 27.0 Å². The summed E-state index contributed by atoms with van der Waals surface area (Å²) in [6.45, 7) is 3.22. The van der Waals surface area contributed by atoms with Crippen molar-refractivity contribution in [2.24, 2.45) is 7.05 Å². The van der Waals surface area contributed by atoms with Crippen LogP contribution in [0.4, 0.5) is 18.3 Å². The zero-order valence-electron chi connectivity index (χ0n) is 20.5. The fourth-order valence-electron chi connectivity index (χ4n) is 4.10. The summed E-state index contributed by atoms with van der Waals surface area (Å²) >= 11 is 0.846. The number of thiazole rings is 1. The molecule has 5 rings (SSSR count). The Kier molecular flexibility index (Phi) is 6.48. The fourth-order valence-corrected chi connectivity index (χ4v) is 4.97. The lowest BCUT2D eigenvalue weighted by atomic mass is 9.97. The number of ether oxygens (including phenoxy) is 1. The van der Waals surface area contributed by atoms with Gasteiger partial charge in [-0.25, -0.2) is 27.8 Å². The highest BCUT2D eigenvalue weighted by Gasteiger charge is 2.28. The van der Waals surface area contributed by atoms with Gasteiger partial charge in [0.2, 0.25) is 0 Å². The second-order valence-corrected chi connectivity index (χ2v) is 9.20. The Morgan fingerprint density at radius 2 is 1.97 bits per heavy atom. The number of rotatable bonds is 6. The maximum absolute atomic E-state index is 15.4. The second kappa shape index (κ2) is 9.78. The van der Waals surface area contributed by atoms with Gasteiger partial charge >= 0.3 is 0 Å². The predicted molar refractivity (Wildman–Crippen MR) is 134 cm³/mol. The zero-order valence-corrected chi connectivity index (χ0v) is 21.3. The first kappa shape index (κ1) is 25.2. The molecule has 0 saturated heterocycles. The number of alkyl halides is 2. The average Bonchev–Trinajstić information content (AvgIpc) is 3.46. The van der Waals surface area contributed by atoms with Crippen molar-refractivity contribution in [1.29, 1.82) is 0 Å². The number of nitrogens with zero attached hydrogens (tertiary/aromatic N) is 7. The first-order chi connectivity index (χ1) is 18.2. The predicted octanol–water partition coefficient (Wildman–Crippen LogP) is 4.90. The SMILES string of the molecule is COc1cnccc1-c1cc(C)nc(C(F)F)c1C(=O)Nc1nc2cnc(-c3c(C)nnn3C)c(F)c2s1. The Labute approximate surface area is 217 Å². The molecule has 14 heteroatoms. The number of methoxy groups -OCH3 is 1. The fraction of sp³-hybridized carbons (Fsp3) is 0.208. The number of fused-ring (bicyclic) bond motifs is 1. The molecule has 5 aromatic heterocycles. The molecule has 0 aliphatic carbocycles. The maximum Gasteiger partial charge on any atom is 0.281 e. The number of halogens is 3. The molecule has 0 aliphatic heterocycles. The first-order valence-corrected chi connectivity index (χ1v) is 11.9. The van der Waals surface area contributed by atoms with E-state index in [2.05, 4.69) is 35.6 Å². The van der Waals surface area contributed by atoms with Gasteiger partial charge in [-0.3, -0.25) is 20.1 Å². The van der Waals surface area contributed by atoms with Crippen molar-refractivity contribution in [3.63, 3.8) is 0 Å². The summed E-state index contributed by atoms with van der Waals surface area (Å²) in [7, 11) is 3.02. The van der Waals surface area contributed by atoms with E-state index in [4.69, 9.17) is 4.74 Å². The summed E-state index contributed by atoms with van der Waals surface area (Å²) in [4.78, 5) is 29.8. The van der Waals surface area contributed by atoms with Gasteiger partial charge in [0, 0.05) is 30.1 Å². The Hall–Kier alpha value is -4.46. The molecule has 10 nitrogen and oxygen atoms in total. The number of anilines is 1. The normalized spacial score (nSPS) is 11.4. The van der Waals surface area contributed by atoms with Gasteiger partial charge in [0.25, 0.3) is 12.3 Å². The lowest BCUT2D eigenvalue weighted by molar-refractivity contribution is 0.101. The Morgan fingerprint density at radius 3 is 2.66 bits per heavy atom. The molecule has 5 aromatic rings. The van der Waals surface area contributed by atoms with Gasteiger partial charge in [-0.05, 0) is 26.0 Å². The van der Waals surface area contributed by atoms with Crippen molar-refractivity contribution in [2.45, 2.75) is 20.3 Å². The molecule has 0 aliphatic rings. The molecule has 194 valence electrons. The molecule has 0 atom stereocenters. The Morgan fingerprint density at radius 1 is 1.18 bits per heavy atom. The van der Waals surface area contributed by atoms with Gasteiger partial charge in [-0.2, -0.15) is 0 Å². The molecule has 1 amide bonds. The van der Waals surface area contributed by atoms with Crippen LogP contribution in [0.1, 0.15) is 33.9 Å². The maximum atomic E-state index is 15.4. The summed E-state index contributed by atoms with van der Waals surface area (Å²) in [5, 5.41) is 10.3. The number of carbonyl (C=O) groups is 1. The standard InChI is InChI=1S/C24H19F3N8O2S/c1-10-7-13(12-5-6-28-9-15(12)37-4)16(18(30-10)22(26)27)23(36)32-24-31-14-8-29-19(17(25)21(14)38-24)20-11(2)33-34-35(20)3/h5-9,22H,1-4H3,(H,31,32,36). The van der Waals surface area contributed by atoms with Crippen molar-refractivity contribution >= 4 is 32.6 Å². The Bertz CT molecular complexity index is 1680. The second-order valence-electron chi connectivity index (χ2n) is 8.20. The lowest BCUT2D eigenvalue weighted by Crippen LogP contribution is -2.17. The van der Waals surface area contributed by atoms with Crippen LogP contribution in [0, 0.1) is 19.7 Å². The minimum absolute atomic E-state index is 0.00358. The van der Waals surface area contributed by atoms with Crippen LogP contribution in [0.5, 0.6) is 5.75 Å². The zero-order chi connectivity index (χ0) is 27.1. The summed E-state index contributed by atoms with van der Waals surface area (Å²) < 4.78 is 50.5. The summed E-state index contributed by atoms with van der Waals surface area (Å²) in [6.07, 6.45) is 1.18. The molecule has 5 heterocycles. The monoisotopic (exact) mass is 540 g/mol. The molecular weight excluding hydrogens is 521 g/mol. The minimum atomic E-state index is -3.04. The van der Waals surface area contributed by atoms with Gasteiger partial charge in [0.15, 0.2) is 10.9 Å². The molecule has 0 aromatic carbocycles. The summed E-state index contributed by atoms with van der Waals surface area (Å²) in [6, 6.07) is 3.06. The van der Waals surface area contributed by atoms with Crippen LogP contribution in [0.3, 0.4) is 0 Å². The van der Waals surface area contributed by atoms with Crippen LogP contribution in [-0.4, -0.2) is 47.9 Å². The Balaban J connectivity index is 1.59. The molecule has 1 N–H and O–H groups in total. The van der Waals surface area contributed by atoms with E-state index in [1.165, 1.54) is 36.4 Å². The molecule has 0 spiro atoms. The van der Waals surface area contributed by atoms with Crippen molar-refractivity contribution in [1.82, 2.24) is 34.9 Å². The van der Waals surface area contributed by atoms with Gasteiger partial charge in [0.05, 0.1) is 35.5 Å². The number of nitrogens with one attached hydrogen (secondary N) is 1. The third-order valence-corrected chi connectivity index (χ3v) is 6.70. The van der Waals surface area contributed by atoms with Gasteiger partial charge in [-0.15, -0.1) is 5.10 Å². The first-order valence-electron chi connectivity index (χ1n) is 11.1. The number of carbonyl (C=O) groups excluding carboxylic acids is 1. The highest BCUT2D eigenvalue weighted by molar-refractivity contribution is 7.22. The number of amides is 1. The van der Waals surface area contributed by atoms with Crippen molar-refractivity contribution in [2.75, 3.05) is 12.4 Å². The molecule has 0 saturated carbocycles. The van der Waals surface area contributed by atoms with E-state index in [0.717, 1.165) is 11.3 Å². The molecule has 0 radical (unpaired) electrons. The van der Waals surface area contributed by atoms with Crippen LogP contribution in [0.2, 0.25) is 0 Å². The third kappa shape index (κ3) is 4.32. The number of pyridine rings is 3. The van der Waals surface area contributed by atoms with Crippen LogP contribution in [-0.2, 0) is 7.05 Å². The van der Waals surface area contributed by atoms with E-state index in [9.17, 15) is 13.6 Å². The molecule has 38 heavy (non-hydrogen) atoms. The van der Waals surface area contributed by atoms with Gasteiger partial charge in [-0.1, -0.05) is 16.6 Å². The molecular formula is C24H19F3N8O2S.